The number of anilines is 3. The first-order chi connectivity index (χ1) is 15.7. The molecule has 2 aliphatic heterocycles. The van der Waals surface area contributed by atoms with E-state index in [0.29, 0.717) is 19.0 Å². The molecule has 1 aromatic carbocycles. The van der Waals surface area contributed by atoms with Gasteiger partial charge in [0.2, 0.25) is 5.88 Å². The second-order valence-corrected chi connectivity index (χ2v) is 7.97. The van der Waals surface area contributed by atoms with Crippen LogP contribution in [-0.4, -0.2) is 39.6 Å². The predicted molar refractivity (Wildman–Crippen MR) is 120 cm³/mol. The van der Waals surface area contributed by atoms with Gasteiger partial charge in [-0.1, -0.05) is 11.6 Å². The van der Waals surface area contributed by atoms with Crippen LogP contribution < -0.4 is 14.5 Å². The van der Waals surface area contributed by atoms with Crippen molar-refractivity contribution in [1.82, 2.24) is 19.9 Å². The topological polar surface area (TPSA) is 67.3 Å². The maximum atomic E-state index is 8.09. The minimum atomic E-state index is 0.0476. The highest BCUT2D eigenvalue weighted by Crippen LogP contribution is 2.36. The van der Waals surface area contributed by atoms with Gasteiger partial charge in [0, 0.05) is 36.8 Å². The Bertz CT molecular complexity index is 1340. The first-order valence-corrected chi connectivity index (χ1v) is 10.5. The number of pyridine rings is 2. The SMILES string of the molecule is [2H]c1nc(N2CCc3ncc(N4CCOc5ncccc54)cc3C2)c2cc(C)ccc2n1. The third kappa shape index (κ3) is 3.13. The maximum Gasteiger partial charge on any atom is 0.237 e. The highest BCUT2D eigenvalue weighted by Gasteiger charge is 2.24. The summed E-state index contributed by atoms with van der Waals surface area (Å²) < 4.78 is 13.8. The lowest BCUT2D eigenvalue weighted by Crippen LogP contribution is -2.33. The summed E-state index contributed by atoms with van der Waals surface area (Å²) in [5, 5.41) is 0.988. The van der Waals surface area contributed by atoms with Crippen molar-refractivity contribution in [2.75, 3.05) is 29.5 Å². The lowest BCUT2D eigenvalue weighted by molar-refractivity contribution is 0.301. The summed E-state index contributed by atoms with van der Waals surface area (Å²) in [5.41, 5.74) is 6.25. The largest absolute Gasteiger partial charge is 0.474 e. The third-order valence-electron chi connectivity index (χ3n) is 5.95. The van der Waals surface area contributed by atoms with Crippen molar-refractivity contribution in [3.63, 3.8) is 0 Å². The van der Waals surface area contributed by atoms with E-state index in [2.05, 4.69) is 43.8 Å². The fourth-order valence-electron chi connectivity index (χ4n) is 4.42. The van der Waals surface area contributed by atoms with Crippen LogP contribution in [0.2, 0.25) is 0 Å². The quantitative estimate of drug-likeness (QED) is 0.497. The molecule has 3 aromatic heterocycles. The Labute approximate surface area is 181 Å². The molecule has 6 rings (SSSR count). The van der Waals surface area contributed by atoms with E-state index >= 15 is 0 Å². The molecule has 0 radical (unpaired) electrons. The average Bonchev–Trinajstić information content (AvgIpc) is 2.83. The molecule has 7 heteroatoms. The maximum absolute atomic E-state index is 8.09. The molecule has 0 N–H and O–H groups in total. The number of aryl methyl sites for hydroxylation is 1. The summed E-state index contributed by atoms with van der Waals surface area (Å²) in [6.07, 6.45) is 4.58. The van der Waals surface area contributed by atoms with Crippen LogP contribution in [0, 0.1) is 6.92 Å². The molecule has 0 aliphatic carbocycles. The highest BCUT2D eigenvalue weighted by molar-refractivity contribution is 5.90. The molecular formula is C24H22N6O. The molecule has 0 atom stereocenters. The number of nitrogens with zero attached hydrogens (tertiary/aromatic N) is 6. The smallest absolute Gasteiger partial charge is 0.237 e. The average molecular weight is 411 g/mol. The first-order valence-electron chi connectivity index (χ1n) is 11.0. The molecule has 0 bridgehead atoms. The van der Waals surface area contributed by atoms with Gasteiger partial charge in [-0.05, 0) is 42.8 Å². The molecule has 0 saturated carbocycles. The van der Waals surface area contributed by atoms with Gasteiger partial charge in [-0.2, -0.15) is 0 Å². The molecule has 2 aliphatic rings. The van der Waals surface area contributed by atoms with Gasteiger partial charge >= 0.3 is 0 Å². The Morgan fingerprint density at radius 1 is 1.06 bits per heavy atom. The number of ether oxygens (including phenoxy) is 1. The molecule has 31 heavy (non-hydrogen) atoms. The van der Waals surface area contributed by atoms with Crippen molar-refractivity contribution in [2.24, 2.45) is 0 Å². The highest BCUT2D eigenvalue weighted by atomic mass is 16.5. The van der Waals surface area contributed by atoms with Crippen molar-refractivity contribution in [3.05, 3.63) is 71.9 Å². The molecule has 4 aromatic rings. The first kappa shape index (κ1) is 17.0. The molecule has 154 valence electrons. The molecule has 0 amide bonds. The zero-order valence-electron chi connectivity index (χ0n) is 18.2. The molecule has 0 fully saturated rings. The van der Waals surface area contributed by atoms with Crippen molar-refractivity contribution < 1.29 is 6.11 Å². The fraction of sp³-hybridized carbons (Fsp3) is 0.250. The summed E-state index contributed by atoms with van der Waals surface area (Å²) in [5.74, 6) is 1.48. The number of rotatable bonds is 2. The monoisotopic (exact) mass is 411 g/mol. The molecule has 7 nitrogen and oxygen atoms in total. The van der Waals surface area contributed by atoms with Crippen molar-refractivity contribution >= 4 is 28.1 Å². The predicted octanol–water partition coefficient (Wildman–Crippen LogP) is 3.82. The van der Waals surface area contributed by atoms with Crippen molar-refractivity contribution in [3.8, 4) is 5.88 Å². The van der Waals surface area contributed by atoms with Gasteiger partial charge in [0.15, 0.2) is 0 Å². The number of hydrogen-bond acceptors (Lipinski definition) is 7. The fourth-order valence-corrected chi connectivity index (χ4v) is 4.42. The van der Waals surface area contributed by atoms with E-state index in [1.807, 2.05) is 30.5 Å². The lowest BCUT2D eigenvalue weighted by Gasteiger charge is -2.33. The van der Waals surface area contributed by atoms with Gasteiger partial charge in [0.05, 0.1) is 23.9 Å². The van der Waals surface area contributed by atoms with Gasteiger partial charge < -0.3 is 14.5 Å². The van der Waals surface area contributed by atoms with Crippen LogP contribution in [0.25, 0.3) is 10.9 Å². The molecule has 0 saturated heterocycles. The van der Waals surface area contributed by atoms with E-state index in [0.717, 1.165) is 58.9 Å². The number of benzene rings is 1. The van der Waals surface area contributed by atoms with Crippen molar-refractivity contribution in [1.29, 1.82) is 0 Å². The number of aromatic nitrogens is 4. The number of hydrogen-bond donors (Lipinski definition) is 0. The minimum Gasteiger partial charge on any atom is -0.474 e. The van der Waals surface area contributed by atoms with Gasteiger partial charge in [-0.25, -0.2) is 15.0 Å². The Balaban J connectivity index is 1.37. The van der Waals surface area contributed by atoms with Gasteiger partial charge in [0.25, 0.3) is 0 Å². The summed E-state index contributed by atoms with van der Waals surface area (Å²) >= 11 is 0. The van der Waals surface area contributed by atoms with E-state index in [-0.39, 0.29) is 6.30 Å². The normalized spacial score (nSPS) is 15.8. The summed E-state index contributed by atoms with van der Waals surface area (Å²) in [6.45, 7) is 4.91. The van der Waals surface area contributed by atoms with E-state index in [4.69, 9.17) is 11.1 Å². The van der Waals surface area contributed by atoms with Crippen LogP contribution in [0.15, 0.2) is 55.1 Å². The summed E-state index contributed by atoms with van der Waals surface area (Å²) in [6, 6.07) is 12.3. The third-order valence-corrected chi connectivity index (χ3v) is 5.95. The summed E-state index contributed by atoms with van der Waals surface area (Å²) in [4.78, 5) is 22.4. The van der Waals surface area contributed by atoms with Crippen LogP contribution in [0.5, 0.6) is 5.88 Å². The molecule has 0 unspecified atom stereocenters. The van der Waals surface area contributed by atoms with E-state index in [1.165, 1.54) is 5.56 Å². The Kier molecular flexibility index (Phi) is 3.94. The van der Waals surface area contributed by atoms with Crippen LogP contribution >= 0.6 is 0 Å². The van der Waals surface area contributed by atoms with E-state index < -0.39 is 0 Å². The van der Waals surface area contributed by atoms with Crippen LogP contribution in [0.1, 0.15) is 18.2 Å². The van der Waals surface area contributed by atoms with E-state index in [9.17, 15) is 0 Å². The summed E-state index contributed by atoms with van der Waals surface area (Å²) in [7, 11) is 0. The van der Waals surface area contributed by atoms with Crippen molar-refractivity contribution in [2.45, 2.75) is 19.9 Å². The zero-order valence-corrected chi connectivity index (χ0v) is 17.2. The minimum absolute atomic E-state index is 0.0476. The van der Waals surface area contributed by atoms with Gasteiger partial charge in [-0.3, -0.25) is 4.98 Å². The Morgan fingerprint density at radius 3 is 3.00 bits per heavy atom. The van der Waals surface area contributed by atoms with Crippen LogP contribution in [-0.2, 0) is 13.0 Å². The molecule has 5 heterocycles. The lowest BCUT2D eigenvalue weighted by atomic mass is 10.0. The standard InChI is InChI=1S/C24H22N6O/c1-16-4-5-21-19(11-16)23(28-15-27-21)29-8-6-20-17(14-29)12-18(13-26-20)30-9-10-31-24-22(30)3-2-7-25-24/h2-5,7,11-13,15H,6,8-10,14H2,1H3/i15D. The number of fused-ring (bicyclic) bond motifs is 3. The van der Waals surface area contributed by atoms with Gasteiger partial charge in [-0.15, -0.1) is 0 Å². The Hall–Kier alpha value is -3.74. The van der Waals surface area contributed by atoms with Crippen LogP contribution in [0.3, 0.4) is 0 Å². The second-order valence-electron chi connectivity index (χ2n) is 7.97. The molecular weight excluding hydrogens is 388 g/mol. The second kappa shape index (κ2) is 7.19. The zero-order chi connectivity index (χ0) is 21.7. The van der Waals surface area contributed by atoms with E-state index in [1.54, 1.807) is 6.20 Å². The van der Waals surface area contributed by atoms with Gasteiger partial charge in [0.1, 0.15) is 25.8 Å². The molecule has 0 spiro atoms. The Morgan fingerprint density at radius 2 is 2.03 bits per heavy atom. The van der Waals surface area contributed by atoms with Crippen LogP contribution in [0.4, 0.5) is 17.2 Å².